The molecule has 376 valence electrons. The Morgan fingerprint density at radius 3 is 2.08 bits per heavy atom. The van der Waals surface area contributed by atoms with Crippen molar-refractivity contribution in [3.05, 3.63) is 201 Å². The van der Waals surface area contributed by atoms with E-state index in [1.165, 1.54) is 24.3 Å². The number of amides is 3. The van der Waals surface area contributed by atoms with Gasteiger partial charge in [-0.15, -0.1) is 0 Å². The van der Waals surface area contributed by atoms with E-state index in [1.807, 2.05) is 77.7 Å². The molecule has 15 nitrogen and oxygen atoms in total. The van der Waals surface area contributed by atoms with E-state index in [1.54, 1.807) is 66.6 Å². The Morgan fingerprint density at radius 1 is 0.770 bits per heavy atom. The van der Waals surface area contributed by atoms with Gasteiger partial charge in [0.15, 0.2) is 0 Å². The number of methoxy groups -OCH3 is 1. The summed E-state index contributed by atoms with van der Waals surface area (Å²) >= 11 is 0. The number of hydrogen-bond donors (Lipinski definition) is 1. The average molecular weight is 995 g/mol. The molecule has 0 radical (unpaired) electrons. The number of aliphatic hydroxyl groups is 1. The number of non-ortho nitro benzene ring substituents is 1. The summed E-state index contributed by atoms with van der Waals surface area (Å²) in [6, 6.07) is 40.2. The minimum atomic E-state index is -2.11. The van der Waals surface area contributed by atoms with Crippen molar-refractivity contribution in [3.63, 3.8) is 0 Å². The molecular formula is C59H54N4O11. The topological polar surface area (TPSA) is 178 Å². The van der Waals surface area contributed by atoms with Crippen LogP contribution in [0, 0.1) is 27.9 Å². The standard InChI is InChI=1S/C59H54N4O11/c1-71-45-30-25-39(26-31-45)21-22-40-27-32-48-47(37-40)59(57(67)61(48)58(68)73-38-41-23-28-44(29-24-41)63(69)70)50(55(65)60-33-13-3-2-4-14-34-60)52-56(66)74-53(43-17-9-6-10-18-43)51(42-15-7-5-8-16-42)62(52)54(59)46-19-11-12-20-49(46)72-36-35-64/h5-12,15-20,23-32,37,50-54,64H,2-4,13-14,33-36,38H2,1H3/t50-,51-,52-,53+,54+,59-/m0/s1. The van der Waals surface area contributed by atoms with Crippen molar-refractivity contribution >= 4 is 35.3 Å². The van der Waals surface area contributed by atoms with Gasteiger partial charge < -0.3 is 29.0 Å². The molecule has 0 aromatic heterocycles. The molecule has 0 bridgehead atoms. The molecular weight excluding hydrogens is 941 g/mol. The molecule has 1 spiro atoms. The van der Waals surface area contributed by atoms with Crippen molar-refractivity contribution in [2.75, 3.05) is 38.3 Å². The van der Waals surface area contributed by atoms with Crippen LogP contribution in [0.1, 0.15) is 89.2 Å². The van der Waals surface area contributed by atoms with Crippen molar-refractivity contribution in [2.24, 2.45) is 5.92 Å². The van der Waals surface area contributed by atoms with E-state index >= 15 is 19.2 Å². The van der Waals surface area contributed by atoms with Crippen molar-refractivity contribution in [3.8, 4) is 23.3 Å². The molecule has 6 aromatic carbocycles. The number of hydrogen-bond acceptors (Lipinski definition) is 12. The number of carbonyl (C=O) groups excluding carboxylic acids is 4. The van der Waals surface area contributed by atoms with Crippen LogP contribution in [0.25, 0.3) is 0 Å². The first-order valence-electron chi connectivity index (χ1n) is 24.9. The minimum Gasteiger partial charge on any atom is -0.497 e. The van der Waals surface area contributed by atoms with Gasteiger partial charge >= 0.3 is 12.1 Å². The lowest BCUT2D eigenvalue weighted by atomic mass is 9.64. The fourth-order valence-electron chi connectivity index (χ4n) is 11.3. The molecule has 4 heterocycles. The molecule has 4 aliphatic rings. The van der Waals surface area contributed by atoms with Crippen LogP contribution in [-0.2, 0) is 35.9 Å². The summed E-state index contributed by atoms with van der Waals surface area (Å²) in [5.74, 6) is 3.91. The number of nitrogens with zero attached hydrogens (tertiary/aromatic N) is 4. The van der Waals surface area contributed by atoms with Crippen molar-refractivity contribution in [1.82, 2.24) is 9.80 Å². The predicted octanol–water partition coefficient (Wildman–Crippen LogP) is 9.17. The molecule has 15 heteroatoms. The summed E-state index contributed by atoms with van der Waals surface area (Å²) in [6.07, 6.45) is 2.15. The van der Waals surface area contributed by atoms with Gasteiger partial charge in [0.1, 0.15) is 42.3 Å². The fraction of sp³-hybridized carbons (Fsp3) is 0.288. The monoisotopic (exact) mass is 994 g/mol. The predicted molar refractivity (Wildman–Crippen MR) is 273 cm³/mol. The van der Waals surface area contributed by atoms with Crippen molar-refractivity contribution < 1.29 is 48.2 Å². The number of rotatable bonds is 11. The maximum atomic E-state index is 16.9. The number of esters is 1. The Hall–Kier alpha value is -8.32. The summed E-state index contributed by atoms with van der Waals surface area (Å²) in [5, 5.41) is 21.7. The molecule has 6 atom stereocenters. The summed E-state index contributed by atoms with van der Waals surface area (Å²) in [7, 11) is 1.58. The van der Waals surface area contributed by atoms with Gasteiger partial charge in [0, 0.05) is 41.9 Å². The van der Waals surface area contributed by atoms with E-state index in [4.69, 9.17) is 18.9 Å². The van der Waals surface area contributed by atoms with Gasteiger partial charge in [0.25, 0.3) is 5.69 Å². The van der Waals surface area contributed by atoms with Crippen LogP contribution < -0.4 is 14.4 Å². The highest BCUT2D eigenvalue weighted by molar-refractivity contribution is 6.23. The van der Waals surface area contributed by atoms with Gasteiger partial charge in [0.05, 0.1) is 42.3 Å². The van der Waals surface area contributed by atoms with Crippen LogP contribution in [0.15, 0.2) is 152 Å². The lowest BCUT2D eigenvalue weighted by Crippen LogP contribution is -2.56. The molecule has 0 saturated carbocycles. The smallest absolute Gasteiger partial charge is 0.421 e. The highest BCUT2D eigenvalue weighted by Crippen LogP contribution is 2.67. The van der Waals surface area contributed by atoms with E-state index in [9.17, 15) is 15.2 Å². The molecule has 3 saturated heterocycles. The van der Waals surface area contributed by atoms with Crippen molar-refractivity contribution in [2.45, 2.75) is 68.4 Å². The summed E-state index contributed by atoms with van der Waals surface area (Å²) in [5.41, 5.74) is 1.49. The number of imide groups is 1. The number of fused-ring (bicyclic) bond motifs is 3. The Kier molecular flexibility index (Phi) is 14.3. The van der Waals surface area contributed by atoms with E-state index < -0.39 is 64.4 Å². The largest absolute Gasteiger partial charge is 0.497 e. The number of nitro benzene ring substituents is 1. The quantitative estimate of drug-likeness (QED) is 0.0564. The number of likely N-dealkylation sites (tertiary alicyclic amines) is 1. The molecule has 3 fully saturated rings. The number of benzene rings is 6. The van der Waals surface area contributed by atoms with Gasteiger partial charge in [-0.05, 0) is 95.8 Å². The van der Waals surface area contributed by atoms with Crippen LogP contribution in [0.5, 0.6) is 11.5 Å². The van der Waals surface area contributed by atoms with Crippen LogP contribution in [0.4, 0.5) is 16.2 Å². The van der Waals surface area contributed by atoms with E-state index in [0.717, 1.165) is 29.7 Å². The zero-order valence-electron chi connectivity index (χ0n) is 40.7. The second-order valence-electron chi connectivity index (χ2n) is 18.8. The van der Waals surface area contributed by atoms with Gasteiger partial charge in [-0.2, -0.15) is 0 Å². The first kappa shape index (κ1) is 49.3. The minimum absolute atomic E-state index is 0.118. The maximum Gasteiger partial charge on any atom is 0.421 e. The fourth-order valence-corrected chi connectivity index (χ4v) is 11.3. The SMILES string of the molecule is COc1ccc(C#Cc2ccc3c(c2)[C@]2(C(=O)N3C(=O)OCc3ccc([N+](=O)[O-])cc3)[C@H](C(=O)N3CCCCCCC3)[C@H]3C(=O)O[C@H](c4ccccc4)[C@H](c4ccccc4)N3[C@@H]2c2ccccc2OCCO)cc1. The van der Waals surface area contributed by atoms with Crippen molar-refractivity contribution in [1.29, 1.82) is 0 Å². The lowest BCUT2D eigenvalue weighted by molar-refractivity contribution is -0.384. The Balaban J connectivity index is 1.25. The van der Waals surface area contributed by atoms with Gasteiger partial charge in [-0.25, -0.2) is 9.69 Å². The molecule has 1 N–H and O–H groups in total. The lowest BCUT2D eigenvalue weighted by Gasteiger charge is -2.46. The number of nitro groups is 1. The average Bonchev–Trinajstić information content (AvgIpc) is 3.88. The molecule has 10 rings (SSSR count). The third kappa shape index (κ3) is 9.11. The second-order valence-corrected chi connectivity index (χ2v) is 18.8. The summed E-state index contributed by atoms with van der Waals surface area (Å²) in [6.45, 7) is -0.0735. The van der Waals surface area contributed by atoms with Crippen LogP contribution in [0.3, 0.4) is 0 Å². The highest BCUT2D eigenvalue weighted by atomic mass is 16.6. The van der Waals surface area contributed by atoms with E-state index in [2.05, 4.69) is 11.8 Å². The zero-order chi connectivity index (χ0) is 51.3. The van der Waals surface area contributed by atoms with Gasteiger partial charge in [-0.1, -0.05) is 110 Å². The third-order valence-corrected chi connectivity index (χ3v) is 14.6. The first-order valence-corrected chi connectivity index (χ1v) is 24.9. The van der Waals surface area contributed by atoms with Crippen LogP contribution >= 0.6 is 0 Å². The van der Waals surface area contributed by atoms with Crippen LogP contribution in [-0.4, -0.2) is 83.2 Å². The number of anilines is 1. The van der Waals surface area contributed by atoms with E-state index in [-0.39, 0.29) is 42.5 Å². The highest BCUT2D eigenvalue weighted by Gasteiger charge is 2.76. The summed E-state index contributed by atoms with van der Waals surface area (Å²) in [4.78, 5) is 79.6. The Bertz CT molecular complexity index is 3120. The molecule has 0 aliphatic carbocycles. The maximum absolute atomic E-state index is 16.9. The molecule has 0 unspecified atom stereocenters. The number of aliphatic hydroxyl groups excluding tert-OH is 1. The normalized spacial score (nSPS) is 22.3. The molecule has 3 amide bonds. The molecule has 6 aromatic rings. The number of carbonyl (C=O) groups is 4. The Labute approximate surface area is 428 Å². The van der Waals surface area contributed by atoms with E-state index in [0.29, 0.717) is 59.5 Å². The summed E-state index contributed by atoms with van der Waals surface area (Å²) < 4.78 is 24.4. The van der Waals surface area contributed by atoms with Crippen LogP contribution in [0.2, 0.25) is 0 Å². The number of cyclic esters (lactones) is 1. The number of ether oxygens (including phenoxy) is 4. The zero-order valence-corrected chi connectivity index (χ0v) is 40.7. The number of morpholine rings is 1. The third-order valence-electron chi connectivity index (χ3n) is 14.6. The Morgan fingerprint density at radius 2 is 1.41 bits per heavy atom. The number of para-hydroxylation sites is 1. The van der Waals surface area contributed by atoms with Gasteiger partial charge in [0.2, 0.25) is 11.8 Å². The molecule has 74 heavy (non-hydrogen) atoms. The molecule has 4 aliphatic heterocycles. The van der Waals surface area contributed by atoms with Gasteiger partial charge in [-0.3, -0.25) is 29.4 Å². The second kappa shape index (κ2) is 21.4. The first-order chi connectivity index (χ1) is 36.1.